The van der Waals surface area contributed by atoms with Gasteiger partial charge in [-0.1, -0.05) is 42.5 Å². The zero-order chi connectivity index (χ0) is 26.6. The third kappa shape index (κ3) is 5.59. The highest BCUT2D eigenvalue weighted by atomic mass is 32.2. The van der Waals surface area contributed by atoms with Gasteiger partial charge in [0.05, 0.1) is 31.1 Å². The van der Waals surface area contributed by atoms with Crippen molar-refractivity contribution < 1.29 is 22.7 Å². The topological polar surface area (TPSA) is 84.9 Å². The van der Waals surface area contributed by atoms with Gasteiger partial charge in [0.2, 0.25) is 15.9 Å². The molecule has 3 aromatic carbocycles. The first-order valence-electron chi connectivity index (χ1n) is 12.3. The van der Waals surface area contributed by atoms with Crippen LogP contribution in [0.5, 0.6) is 11.5 Å². The summed E-state index contributed by atoms with van der Waals surface area (Å²) in [5, 5.41) is 0. The number of benzene rings is 3. The highest BCUT2D eigenvalue weighted by Gasteiger charge is 2.45. The summed E-state index contributed by atoms with van der Waals surface area (Å²) in [6.45, 7) is 4.87. The van der Waals surface area contributed by atoms with E-state index in [1.165, 1.54) is 0 Å². The molecule has 0 saturated carbocycles. The van der Waals surface area contributed by atoms with Crippen LogP contribution in [0.2, 0.25) is 0 Å². The van der Waals surface area contributed by atoms with Crippen molar-refractivity contribution in [3.63, 3.8) is 0 Å². The van der Waals surface area contributed by atoms with E-state index in [1.54, 1.807) is 14.2 Å². The zero-order valence-electron chi connectivity index (χ0n) is 21.8. The number of carbonyl (C=O) groups is 1. The van der Waals surface area contributed by atoms with Crippen LogP contribution in [0.3, 0.4) is 0 Å². The Morgan fingerprint density at radius 2 is 1.57 bits per heavy atom. The number of methoxy groups -OCH3 is 2. The molecule has 37 heavy (non-hydrogen) atoms. The molecule has 1 aliphatic rings. The van der Waals surface area contributed by atoms with E-state index in [4.69, 9.17) is 9.47 Å². The van der Waals surface area contributed by atoms with Crippen LogP contribution in [0.25, 0.3) is 0 Å². The van der Waals surface area contributed by atoms with Gasteiger partial charge in [-0.05, 0) is 73.2 Å². The number of anilines is 1. The van der Waals surface area contributed by atoms with Crippen LogP contribution in [-0.4, -0.2) is 41.6 Å². The Labute approximate surface area is 219 Å². The molecule has 1 aliphatic heterocycles. The van der Waals surface area contributed by atoms with Gasteiger partial charge in [-0.15, -0.1) is 0 Å². The summed E-state index contributed by atoms with van der Waals surface area (Å²) in [4.78, 5) is 16.1. The summed E-state index contributed by atoms with van der Waals surface area (Å²) in [5.74, 6) is 0.623. The Morgan fingerprint density at radius 3 is 2.22 bits per heavy atom. The molecule has 0 aromatic heterocycles. The summed E-state index contributed by atoms with van der Waals surface area (Å²) in [6.07, 6.45) is 0.867. The van der Waals surface area contributed by atoms with E-state index in [9.17, 15) is 13.2 Å². The second-order valence-corrected chi connectivity index (χ2v) is 11.3. The van der Waals surface area contributed by atoms with Gasteiger partial charge in [0.1, 0.15) is 11.5 Å². The lowest BCUT2D eigenvalue weighted by Gasteiger charge is -2.42. The summed E-state index contributed by atoms with van der Waals surface area (Å²) in [7, 11) is -0.720. The number of hydrogen-bond donors (Lipinski definition) is 1. The minimum atomic E-state index is -3.93. The Balaban J connectivity index is 1.64. The average Bonchev–Trinajstić information content (AvgIpc) is 2.90. The van der Waals surface area contributed by atoms with Gasteiger partial charge in [-0.25, -0.2) is 8.42 Å². The highest BCUT2D eigenvalue weighted by molar-refractivity contribution is 7.89. The summed E-state index contributed by atoms with van der Waals surface area (Å²) >= 11 is 0. The fraction of sp³-hybridized carbons (Fsp3) is 0.345. The van der Waals surface area contributed by atoms with Crippen LogP contribution in [0, 0.1) is 13.8 Å². The lowest BCUT2D eigenvalue weighted by Crippen LogP contribution is -2.53. The van der Waals surface area contributed by atoms with Crippen LogP contribution in [-0.2, 0) is 26.0 Å². The van der Waals surface area contributed by atoms with Crippen molar-refractivity contribution in [3.8, 4) is 11.5 Å². The number of piperidine rings is 1. The molecule has 8 heteroatoms. The number of sulfonamides is 1. The van der Waals surface area contributed by atoms with Gasteiger partial charge in [0.25, 0.3) is 0 Å². The van der Waals surface area contributed by atoms with Crippen molar-refractivity contribution in [2.45, 2.75) is 37.9 Å². The maximum atomic E-state index is 13.9. The van der Waals surface area contributed by atoms with E-state index >= 15 is 0 Å². The van der Waals surface area contributed by atoms with Crippen molar-refractivity contribution in [1.29, 1.82) is 0 Å². The predicted octanol–water partition coefficient (Wildman–Crippen LogP) is 4.51. The number of hydrogen-bond acceptors (Lipinski definition) is 6. The van der Waals surface area contributed by atoms with E-state index in [1.807, 2.05) is 80.6 Å². The number of nitrogens with one attached hydrogen (secondary N) is 1. The largest absolute Gasteiger partial charge is 0.497 e. The molecule has 196 valence electrons. The molecule has 0 atom stereocenters. The SMILES string of the molecule is COc1cccc(C2(C(=O)NS(=O)(=O)Cc3c(C)cccc3C)CCN(c3ccccc3OC)CC2)c1. The molecular weight excluding hydrogens is 488 g/mol. The minimum Gasteiger partial charge on any atom is -0.497 e. The Bertz CT molecular complexity index is 1360. The smallest absolute Gasteiger partial charge is 0.244 e. The molecule has 1 amide bonds. The molecule has 1 N–H and O–H groups in total. The number of carbonyl (C=O) groups excluding carboxylic acids is 1. The monoisotopic (exact) mass is 522 g/mol. The second-order valence-electron chi connectivity index (χ2n) is 9.53. The fourth-order valence-electron chi connectivity index (χ4n) is 5.13. The van der Waals surface area contributed by atoms with Crippen molar-refractivity contribution >= 4 is 21.6 Å². The first-order chi connectivity index (χ1) is 17.7. The van der Waals surface area contributed by atoms with E-state index in [0.29, 0.717) is 37.2 Å². The van der Waals surface area contributed by atoms with Crippen LogP contribution >= 0.6 is 0 Å². The number of nitrogens with zero attached hydrogens (tertiary/aromatic N) is 1. The van der Waals surface area contributed by atoms with Gasteiger partial charge < -0.3 is 14.4 Å². The Morgan fingerprint density at radius 1 is 0.919 bits per heavy atom. The predicted molar refractivity (Wildman–Crippen MR) is 146 cm³/mol. The molecule has 0 radical (unpaired) electrons. The molecule has 4 rings (SSSR count). The van der Waals surface area contributed by atoms with Gasteiger partial charge >= 0.3 is 0 Å². The van der Waals surface area contributed by atoms with Crippen molar-refractivity contribution in [2.24, 2.45) is 0 Å². The molecule has 1 fully saturated rings. The summed E-state index contributed by atoms with van der Waals surface area (Å²) < 4.78 is 39.9. The van der Waals surface area contributed by atoms with E-state index < -0.39 is 21.3 Å². The van der Waals surface area contributed by atoms with Gasteiger partial charge in [0.15, 0.2) is 0 Å². The summed E-state index contributed by atoms with van der Waals surface area (Å²) in [6, 6.07) is 20.8. The van der Waals surface area contributed by atoms with Crippen molar-refractivity contribution in [2.75, 3.05) is 32.2 Å². The summed E-state index contributed by atoms with van der Waals surface area (Å²) in [5.41, 5.74) is 3.14. The molecule has 0 aliphatic carbocycles. The quantitative estimate of drug-likeness (QED) is 0.469. The lowest BCUT2D eigenvalue weighted by molar-refractivity contribution is -0.125. The van der Waals surface area contributed by atoms with E-state index in [-0.39, 0.29) is 5.75 Å². The fourth-order valence-corrected chi connectivity index (χ4v) is 6.51. The normalized spacial score (nSPS) is 15.2. The molecule has 1 heterocycles. The highest BCUT2D eigenvalue weighted by Crippen LogP contribution is 2.40. The Hall–Kier alpha value is -3.52. The molecule has 0 bridgehead atoms. The standard InChI is InChI=1S/C29H34N2O5S/c1-21-9-7-10-22(2)25(21)20-37(33,34)30-28(32)29(23-11-8-12-24(19-23)35-3)15-17-31(18-16-29)26-13-5-6-14-27(26)36-4/h5-14,19H,15-18,20H2,1-4H3,(H,30,32). The van der Waals surface area contributed by atoms with Gasteiger partial charge in [-0.2, -0.15) is 0 Å². The first kappa shape index (κ1) is 26.5. The maximum absolute atomic E-state index is 13.9. The third-order valence-electron chi connectivity index (χ3n) is 7.33. The first-order valence-corrected chi connectivity index (χ1v) is 14.0. The Kier molecular flexibility index (Phi) is 7.78. The number of amides is 1. The molecule has 0 unspecified atom stereocenters. The van der Waals surface area contributed by atoms with Crippen molar-refractivity contribution in [3.05, 3.63) is 89.0 Å². The maximum Gasteiger partial charge on any atom is 0.244 e. The number of rotatable bonds is 8. The van der Waals surface area contributed by atoms with Crippen LogP contribution < -0.4 is 19.1 Å². The van der Waals surface area contributed by atoms with Crippen LogP contribution in [0.4, 0.5) is 5.69 Å². The van der Waals surface area contributed by atoms with Crippen LogP contribution in [0.1, 0.15) is 35.1 Å². The molecule has 1 saturated heterocycles. The molecule has 0 spiro atoms. The van der Waals surface area contributed by atoms with Crippen LogP contribution in [0.15, 0.2) is 66.7 Å². The molecule has 3 aromatic rings. The number of para-hydroxylation sites is 2. The number of ether oxygens (including phenoxy) is 2. The molecular formula is C29H34N2O5S. The van der Waals surface area contributed by atoms with Crippen molar-refractivity contribution in [1.82, 2.24) is 4.72 Å². The second kappa shape index (κ2) is 10.8. The number of aryl methyl sites for hydroxylation is 2. The zero-order valence-corrected chi connectivity index (χ0v) is 22.6. The van der Waals surface area contributed by atoms with E-state index in [2.05, 4.69) is 9.62 Å². The third-order valence-corrected chi connectivity index (χ3v) is 8.49. The average molecular weight is 523 g/mol. The van der Waals surface area contributed by atoms with Gasteiger partial charge in [0, 0.05) is 13.1 Å². The minimum absolute atomic E-state index is 0.251. The van der Waals surface area contributed by atoms with E-state index in [0.717, 1.165) is 28.1 Å². The van der Waals surface area contributed by atoms with Gasteiger partial charge in [-0.3, -0.25) is 9.52 Å². The molecule has 7 nitrogen and oxygen atoms in total. The lowest BCUT2D eigenvalue weighted by atomic mass is 9.72.